The summed E-state index contributed by atoms with van der Waals surface area (Å²) in [6.07, 6.45) is 8.81. The molecule has 0 fully saturated rings. The van der Waals surface area contributed by atoms with Crippen molar-refractivity contribution in [1.82, 2.24) is 15.0 Å². The van der Waals surface area contributed by atoms with Gasteiger partial charge in [-0.25, -0.2) is 4.79 Å². The largest absolute Gasteiger partial charge is 0.508 e. The Hall–Kier alpha value is -3.09. The van der Waals surface area contributed by atoms with Crippen LogP contribution in [0.2, 0.25) is 0 Å². The van der Waals surface area contributed by atoms with Crippen LogP contribution >= 0.6 is 0 Å². The normalized spacial score (nSPS) is 11.1. The van der Waals surface area contributed by atoms with Crippen molar-refractivity contribution in [3.8, 4) is 17.2 Å². The molecule has 3 aromatic rings. The van der Waals surface area contributed by atoms with E-state index in [9.17, 15) is 14.7 Å². The van der Waals surface area contributed by atoms with Gasteiger partial charge in [-0.3, -0.25) is 4.79 Å². The van der Waals surface area contributed by atoms with E-state index in [2.05, 4.69) is 28.8 Å². The van der Waals surface area contributed by atoms with E-state index in [0.29, 0.717) is 46.5 Å². The maximum absolute atomic E-state index is 12.6. The number of aromatic hydroxyl groups is 1. The number of aryl methyl sites for hydroxylation is 2. The standard InChI is InChI=1S/C23H29N3O4/c1-3-5-7-9-15-11-16-12-17(27)13-19(21(16)26-22(15)28)30-20-14-24-23(29)25-18(20)10-8-6-4-2/h11-14,27H,3-10H2,1-2H3,(H,26,28)(H,24,25,29). The quantitative estimate of drug-likeness (QED) is 0.423. The average molecular weight is 412 g/mol. The van der Waals surface area contributed by atoms with Crippen molar-refractivity contribution in [2.24, 2.45) is 0 Å². The van der Waals surface area contributed by atoms with Crippen LogP contribution in [0.5, 0.6) is 17.2 Å². The number of fused-ring (bicyclic) bond motifs is 1. The van der Waals surface area contributed by atoms with Crippen LogP contribution in [0.1, 0.15) is 63.6 Å². The van der Waals surface area contributed by atoms with E-state index in [1.807, 2.05) is 6.07 Å². The third kappa shape index (κ3) is 5.28. The molecule has 2 aromatic heterocycles. The molecule has 0 spiro atoms. The molecule has 3 rings (SSSR count). The molecule has 30 heavy (non-hydrogen) atoms. The molecule has 7 nitrogen and oxygen atoms in total. The number of aromatic nitrogens is 3. The van der Waals surface area contributed by atoms with Crippen molar-refractivity contribution in [1.29, 1.82) is 0 Å². The van der Waals surface area contributed by atoms with E-state index < -0.39 is 5.69 Å². The molecule has 0 aliphatic carbocycles. The lowest BCUT2D eigenvalue weighted by molar-refractivity contribution is 0.451. The molecule has 0 saturated heterocycles. The molecule has 0 aliphatic heterocycles. The molecule has 7 heteroatoms. The predicted octanol–water partition coefficient (Wildman–Crippen LogP) is 4.57. The fraction of sp³-hybridized carbons (Fsp3) is 0.435. The number of nitrogens with one attached hydrogen (secondary N) is 2. The second-order valence-electron chi connectivity index (χ2n) is 7.58. The fourth-order valence-corrected chi connectivity index (χ4v) is 3.51. The number of H-pyrrole nitrogens is 2. The lowest BCUT2D eigenvalue weighted by Gasteiger charge is -2.13. The lowest BCUT2D eigenvalue weighted by atomic mass is 10.1. The minimum Gasteiger partial charge on any atom is -0.508 e. The van der Waals surface area contributed by atoms with Crippen molar-refractivity contribution in [2.75, 3.05) is 0 Å². The van der Waals surface area contributed by atoms with Crippen LogP contribution in [-0.2, 0) is 12.8 Å². The Balaban J connectivity index is 1.97. The van der Waals surface area contributed by atoms with Gasteiger partial charge in [0.25, 0.3) is 5.56 Å². The Kier molecular flexibility index (Phi) is 7.27. The number of nitrogens with zero attached hydrogens (tertiary/aromatic N) is 1. The molecule has 0 saturated carbocycles. The number of ether oxygens (including phenoxy) is 1. The zero-order valence-corrected chi connectivity index (χ0v) is 17.6. The third-order valence-corrected chi connectivity index (χ3v) is 5.13. The molecule has 2 heterocycles. The van der Waals surface area contributed by atoms with Crippen LogP contribution < -0.4 is 16.0 Å². The second kappa shape index (κ2) is 10.1. The second-order valence-corrected chi connectivity index (χ2v) is 7.58. The van der Waals surface area contributed by atoms with Crippen LogP contribution in [0.4, 0.5) is 0 Å². The number of unbranched alkanes of at least 4 members (excludes halogenated alkanes) is 4. The monoisotopic (exact) mass is 411 g/mol. The number of rotatable bonds is 10. The summed E-state index contributed by atoms with van der Waals surface area (Å²) in [7, 11) is 0. The van der Waals surface area contributed by atoms with Crippen molar-refractivity contribution in [3.05, 3.63) is 56.5 Å². The highest BCUT2D eigenvalue weighted by Crippen LogP contribution is 2.33. The van der Waals surface area contributed by atoms with Crippen molar-refractivity contribution >= 4 is 10.9 Å². The summed E-state index contributed by atoms with van der Waals surface area (Å²) in [5, 5.41) is 10.9. The number of hydrogen-bond donors (Lipinski definition) is 3. The number of phenols is 1. The number of aromatic amines is 2. The summed E-state index contributed by atoms with van der Waals surface area (Å²) in [4.78, 5) is 33.7. The van der Waals surface area contributed by atoms with Gasteiger partial charge >= 0.3 is 5.69 Å². The van der Waals surface area contributed by atoms with Gasteiger partial charge in [0.2, 0.25) is 0 Å². The zero-order valence-electron chi connectivity index (χ0n) is 17.6. The average Bonchev–Trinajstić information content (AvgIpc) is 2.71. The minimum atomic E-state index is -0.431. The van der Waals surface area contributed by atoms with E-state index in [1.54, 1.807) is 6.07 Å². The van der Waals surface area contributed by atoms with Crippen molar-refractivity contribution < 1.29 is 9.84 Å². The third-order valence-electron chi connectivity index (χ3n) is 5.13. The van der Waals surface area contributed by atoms with E-state index >= 15 is 0 Å². The van der Waals surface area contributed by atoms with Crippen LogP contribution in [0.15, 0.2) is 34.0 Å². The van der Waals surface area contributed by atoms with Gasteiger partial charge in [-0.05, 0) is 37.8 Å². The Morgan fingerprint density at radius 2 is 1.67 bits per heavy atom. The molecular weight excluding hydrogens is 382 g/mol. The number of benzene rings is 1. The van der Waals surface area contributed by atoms with Crippen molar-refractivity contribution in [2.45, 2.75) is 65.2 Å². The molecule has 0 aliphatic rings. The fourth-order valence-electron chi connectivity index (χ4n) is 3.51. The topological polar surface area (TPSA) is 108 Å². The van der Waals surface area contributed by atoms with Gasteiger partial charge in [0.05, 0.1) is 17.4 Å². The first kappa shape index (κ1) is 21.6. The first-order valence-corrected chi connectivity index (χ1v) is 10.7. The van der Waals surface area contributed by atoms with Crippen LogP contribution in [0.3, 0.4) is 0 Å². The molecule has 0 atom stereocenters. The smallest absolute Gasteiger partial charge is 0.345 e. The molecule has 0 bridgehead atoms. The van der Waals surface area contributed by atoms with Gasteiger partial charge < -0.3 is 19.8 Å². The summed E-state index contributed by atoms with van der Waals surface area (Å²) < 4.78 is 6.02. The highest BCUT2D eigenvalue weighted by atomic mass is 16.5. The van der Waals surface area contributed by atoms with Crippen molar-refractivity contribution in [3.63, 3.8) is 0 Å². The van der Waals surface area contributed by atoms with E-state index in [-0.39, 0.29) is 11.3 Å². The Morgan fingerprint density at radius 3 is 2.40 bits per heavy atom. The molecule has 160 valence electrons. The van der Waals surface area contributed by atoms with Gasteiger partial charge in [0.15, 0.2) is 11.5 Å². The predicted molar refractivity (Wildman–Crippen MR) is 118 cm³/mol. The molecular formula is C23H29N3O4. The van der Waals surface area contributed by atoms with E-state index in [1.165, 1.54) is 12.3 Å². The summed E-state index contributed by atoms with van der Waals surface area (Å²) in [5.41, 5.74) is 1.26. The van der Waals surface area contributed by atoms with Gasteiger partial charge in [-0.15, -0.1) is 0 Å². The maximum Gasteiger partial charge on any atom is 0.345 e. The van der Waals surface area contributed by atoms with Gasteiger partial charge in [0.1, 0.15) is 5.75 Å². The molecule has 1 aromatic carbocycles. The van der Waals surface area contributed by atoms with Gasteiger partial charge in [0, 0.05) is 17.0 Å². The van der Waals surface area contributed by atoms with E-state index in [0.717, 1.165) is 38.5 Å². The maximum atomic E-state index is 12.6. The lowest BCUT2D eigenvalue weighted by Crippen LogP contribution is -2.14. The Bertz CT molecular complexity index is 1120. The Morgan fingerprint density at radius 1 is 0.933 bits per heavy atom. The van der Waals surface area contributed by atoms with Crippen LogP contribution in [0.25, 0.3) is 10.9 Å². The Labute approximate surface area is 175 Å². The minimum absolute atomic E-state index is 0.0361. The van der Waals surface area contributed by atoms with Crippen LogP contribution in [-0.4, -0.2) is 20.1 Å². The summed E-state index contributed by atoms with van der Waals surface area (Å²) in [6, 6.07) is 4.87. The van der Waals surface area contributed by atoms with Crippen LogP contribution in [0, 0.1) is 0 Å². The first-order chi connectivity index (χ1) is 14.5. The van der Waals surface area contributed by atoms with E-state index in [4.69, 9.17) is 4.74 Å². The summed E-state index contributed by atoms with van der Waals surface area (Å²) >= 11 is 0. The molecule has 0 amide bonds. The molecule has 3 N–H and O–H groups in total. The highest BCUT2D eigenvalue weighted by Gasteiger charge is 2.13. The number of pyridine rings is 1. The number of phenolic OH excluding ortho intramolecular Hbond substituents is 1. The number of hydrogen-bond acceptors (Lipinski definition) is 5. The highest BCUT2D eigenvalue weighted by molar-refractivity contribution is 5.86. The zero-order chi connectivity index (χ0) is 21.5. The van der Waals surface area contributed by atoms with Gasteiger partial charge in [-0.1, -0.05) is 39.5 Å². The molecule has 0 unspecified atom stereocenters. The first-order valence-electron chi connectivity index (χ1n) is 10.7. The SMILES string of the molecule is CCCCCc1[nH]c(=O)ncc1Oc1cc(O)cc2cc(CCCCC)c(=O)[nH]c12. The summed E-state index contributed by atoms with van der Waals surface area (Å²) in [5.74, 6) is 0.757. The van der Waals surface area contributed by atoms with Gasteiger partial charge in [-0.2, -0.15) is 4.98 Å². The summed E-state index contributed by atoms with van der Waals surface area (Å²) in [6.45, 7) is 4.23. The molecule has 0 radical (unpaired) electrons.